The van der Waals surface area contributed by atoms with Crippen LogP contribution >= 0.6 is 0 Å². The number of aryl methyl sites for hydroxylation is 1. The summed E-state index contributed by atoms with van der Waals surface area (Å²) in [5, 5.41) is 9.13. The monoisotopic (exact) mass is 429 g/mol. The molecule has 3 aromatic rings. The Bertz CT molecular complexity index is 1110. The number of rotatable bonds is 9. The number of nitrogens with zero attached hydrogens (tertiary/aromatic N) is 3. The van der Waals surface area contributed by atoms with Crippen LogP contribution in [0, 0.1) is 12.8 Å². The fourth-order valence-corrected chi connectivity index (χ4v) is 3.92. The summed E-state index contributed by atoms with van der Waals surface area (Å²) in [4.78, 5) is 34.5. The Morgan fingerprint density at radius 2 is 1.81 bits per heavy atom. The summed E-state index contributed by atoms with van der Waals surface area (Å²) in [5.74, 6) is -0.532. The van der Waals surface area contributed by atoms with Crippen LogP contribution in [0.5, 0.6) is 0 Å². The maximum atomic E-state index is 13.1. The van der Waals surface area contributed by atoms with Gasteiger partial charge in [0.1, 0.15) is 0 Å². The molecule has 0 saturated heterocycles. The molecular weight excluding hydrogens is 402 g/mol. The van der Waals surface area contributed by atoms with Gasteiger partial charge in [0.15, 0.2) is 0 Å². The SMILES string of the molecule is Cc1ccc(-c2cncc(CC(=O)O)c2)c(CN(CCc2ccncc2)C(=O)C2CC2)c1. The second-order valence-electron chi connectivity index (χ2n) is 8.45. The summed E-state index contributed by atoms with van der Waals surface area (Å²) < 4.78 is 0. The maximum Gasteiger partial charge on any atom is 0.307 e. The van der Waals surface area contributed by atoms with Gasteiger partial charge in [0, 0.05) is 49.4 Å². The minimum absolute atomic E-state index is 0.0692. The molecule has 0 atom stereocenters. The minimum Gasteiger partial charge on any atom is -0.481 e. The zero-order valence-corrected chi connectivity index (χ0v) is 18.2. The summed E-state index contributed by atoms with van der Waals surface area (Å²) >= 11 is 0. The second kappa shape index (κ2) is 9.73. The lowest BCUT2D eigenvalue weighted by atomic mass is 9.97. The van der Waals surface area contributed by atoms with E-state index in [0.29, 0.717) is 18.7 Å². The van der Waals surface area contributed by atoms with E-state index in [1.54, 1.807) is 24.8 Å². The van der Waals surface area contributed by atoms with Crippen LogP contribution in [0.3, 0.4) is 0 Å². The van der Waals surface area contributed by atoms with Gasteiger partial charge in [-0.1, -0.05) is 23.8 Å². The maximum absolute atomic E-state index is 13.1. The molecule has 32 heavy (non-hydrogen) atoms. The molecule has 1 saturated carbocycles. The van der Waals surface area contributed by atoms with Crippen molar-refractivity contribution in [1.82, 2.24) is 14.9 Å². The van der Waals surface area contributed by atoms with E-state index < -0.39 is 5.97 Å². The number of aliphatic carboxylic acids is 1. The van der Waals surface area contributed by atoms with Gasteiger partial charge in [-0.3, -0.25) is 19.6 Å². The standard InChI is InChI=1S/C26H27N3O3/c1-18-2-5-24(22-13-20(14-25(30)31)15-28-16-22)23(12-18)17-29(26(32)21-3-4-21)11-8-19-6-9-27-10-7-19/h2,5-7,9-10,12-13,15-16,21H,3-4,8,11,14,17H2,1H3,(H,30,31). The summed E-state index contributed by atoms with van der Waals surface area (Å²) in [6.45, 7) is 3.20. The number of carbonyl (C=O) groups excluding carboxylic acids is 1. The number of carboxylic acids is 1. The Morgan fingerprint density at radius 1 is 1.03 bits per heavy atom. The average Bonchev–Trinajstić information content (AvgIpc) is 3.62. The van der Waals surface area contributed by atoms with Crippen molar-refractivity contribution >= 4 is 11.9 Å². The fraction of sp³-hybridized carbons (Fsp3) is 0.308. The zero-order valence-electron chi connectivity index (χ0n) is 18.2. The Balaban J connectivity index is 1.61. The Hall–Kier alpha value is -3.54. The van der Waals surface area contributed by atoms with Crippen LogP contribution in [0.4, 0.5) is 0 Å². The lowest BCUT2D eigenvalue weighted by molar-refractivity contribution is -0.136. The van der Waals surface area contributed by atoms with Crippen molar-refractivity contribution < 1.29 is 14.7 Å². The molecule has 0 bridgehead atoms. The van der Waals surface area contributed by atoms with E-state index in [1.807, 2.05) is 42.2 Å². The fourth-order valence-electron chi connectivity index (χ4n) is 3.92. The Labute approximate surface area is 188 Å². The lowest BCUT2D eigenvalue weighted by Gasteiger charge is -2.25. The van der Waals surface area contributed by atoms with E-state index in [0.717, 1.165) is 47.1 Å². The third-order valence-corrected chi connectivity index (χ3v) is 5.74. The van der Waals surface area contributed by atoms with Crippen LogP contribution in [0.25, 0.3) is 11.1 Å². The van der Waals surface area contributed by atoms with E-state index in [1.165, 1.54) is 0 Å². The topological polar surface area (TPSA) is 83.4 Å². The Kier molecular flexibility index (Phi) is 6.59. The van der Waals surface area contributed by atoms with Gasteiger partial charge in [-0.05, 0) is 66.6 Å². The molecule has 0 aliphatic heterocycles. The van der Waals surface area contributed by atoms with E-state index in [4.69, 9.17) is 5.11 Å². The van der Waals surface area contributed by atoms with Crippen LogP contribution in [0.1, 0.15) is 35.1 Å². The third-order valence-electron chi connectivity index (χ3n) is 5.74. The largest absolute Gasteiger partial charge is 0.481 e. The lowest BCUT2D eigenvalue weighted by Crippen LogP contribution is -2.33. The molecule has 1 amide bonds. The molecule has 0 unspecified atom stereocenters. The van der Waals surface area contributed by atoms with Crippen molar-refractivity contribution in [3.8, 4) is 11.1 Å². The van der Waals surface area contributed by atoms with Gasteiger partial charge in [0.25, 0.3) is 0 Å². The summed E-state index contributed by atoms with van der Waals surface area (Å²) in [6, 6.07) is 12.0. The molecule has 1 aliphatic carbocycles. The van der Waals surface area contributed by atoms with Crippen LogP contribution in [-0.2, 0) is 29.0 Å². The average molecular weight is 430 g/mol. The number of aromatic nitrogens is 2. The number of hydrogen-bond acceptors (Lipinski definition) is 4. The Morgan fingerprint density at radius 3 is 2.53 bits per heavy atom. The molecule has 0 spiro atoms. The summed E-state index contributed by atoms with van der Waals surface area (Å²) in [5.41, 5.74) is 5.82. The predicted molar refractivity (Wildman–Crippen MR) is 122 cm³/mol. The first-order valence-corrected chi connectivity index (χ1v) is 10.9. The smallest absolute Gasteiger partial charge is 0.307 e. The molecule has 1 aliphatic rings. The first-order valence-electron chi connectivity index (χ1n) is 10.9. The highest BCUT2D eigenvalue weighted by molar-refractivity contribution is 5.81. The molecule has 4 rings (SSSR count). The van der Waals surface area contributed by atoms with Crippen molar-refractivity contribution in [2.24, 2.45) is 5.92 Å². The van der Waals surface area contributed by atoms with E-state index >= 15 is 0 Å². The normalized spacial score (nSPS) is 13.0. The highest BCUT2D eigenvalue weighted by Gasteiger charge is 2.33. The number of hydrogen-bond donors (Lipinski definition) is 1. The van der Waals surface area contributed by atoms with Gasteiger partial charge in [-0.25, -0.2) is 0 Å². The first kappa shape index (κ1) is 21.7. The van der Waals surface area contributed by atoms with Crippen LogP contribution < -0.4 is 0 Å². The second-order valence-corrected chi connectivity index (χ2v) is 8.45. The van der Waals surface area contributed by atoms with Crippen LogP contribution in [-0.4, -0.2) is 38.4 Å². The molecule has 0 radical (unpaired) electrons. The summed E-state index contributed by atoms with van der Waals surface area (Å²) in [6.07, 6.45) is 9.53. The van der Waals surface area contributed by atoms with Crippen molar-refractivity contribution in [3.05, 3.63) is 83.4 Å². The van der Waals surface area contributed by atoms with Crippen molar-refractivity contribution in [3.63, 3.8) is 0 Å². The van der Waals surface area contributed by atoms with E-state index in [2.05, 4.69) is 16.0 Å². The first-order chi connectivity index (χ1) is 15.5. The number of benzene rings is 1. The van der Waals surface area contributed by atoms with Crippen molar-refractivity contribution in [2.75, 3.05) is 6.54 Å². The number of carbonyl (C=O) groups is 2. The van der Waals surface area contributed by atoms with Gasteiger partial charge in [-0.15, -0.1) is 0 Å². The molecule has 164 valence electrons. The molecule has 2 aromatic heterocycles. The minimum atomic E-state index is -0.884. The summed E-state index contributed by atoms with van der Waals surface area (Å²) in [7, 11) is 0. The zero-order chi connectivity index (χ0) is 22.5. The predicted octanol–water partition coefficient (Wildman–Crippen LogP) is 4.06. The number of pyridine rings is 2. The van der Waals surface area contributed by atoms with Crippen molar-refractivity contribution in [2.45, 2.75) is 39.2 Å². The number of carboxylic acid groups (broad SMARTS) is 1. The quantitative estimate of drug-likeness (QED) is 0.555. The van der Waals surface area contributed by atoms with Gasteiger partial charge >= 0.3 is 5.97 Å². The van der Waals surface area contributed by atoms with Gasteiger partial charge in [0.05, 0.1) is 6.42 Å². The third kappa shape index (κ3) is 5.58. The van der Waals surface area contributed by atoms with E-state index in [9.17, 15) is 9.59 Å². The molecule has 1 N–H and O–H groups in total. The van der Waals surface area contributed by atoms with Crippen LogP contribution in [0.15, 0.2) is 61.2 Å². The number of amides is 1. The highest BCUT2D eigenvalue weighted by Crippen LogP contribution is 2.33. The molecule has 1 fully saturated rings. The van der Waals surface area contributed by atoms with Gasteiger partial charge in [0.2, 0.25) is 5.91 Å². The molecule has 1 aromatic carbocycles. The van der Waals surface area contributed by atoms with Gasteiger partial charge in [-0.2, -0.15) is 0 Å². The van der Waals surface area contributed by atoms with Crippen molar-refractivity contribution in [1.29, 1.82) is 0 Å². The highest BCUT2D eigenvalue weighted by atomic mass is 16.4. The molecule has 6 heteroatoms. The van der Waals surface area contributed by atoms with Crippen LogP contribution in [0.2, 0.25) is 0 Å². The van der Waals surface area contributed by atoms with E-state index in [-0.39, 0.29) is 18.2 Å². The molecule has 2 heterocycles. The van der Waals surface area contributed by atoms with Gasteiger partial charge < -0.3 is 10.0 Å². The molecular formula is C26H27N3O3. The molecule has 6 nitrogen and oxygen atoms in total.